The van der Waals surface area contributed by atoms with Gasteiger partial charge in [0.1, 0.15) is 0 Å². The molecule has 2 aliphatic rings. The molecule has 2 aromatic rings. The summed E-state index contributed by atoms with van der Waals surface area (Å²) in [6.45, 7) is 3.34. The lowest BCUT2D eigenvalue weighted by atomic mass is 9.90. The molecule has 0 N–H and O–H groups in total. The molecular formula is C21H26N2. The van der Waals surface area contributed by atoms with Crippen molar-refractivity contribution in [2.75, 3.05) is 11.4 Å². The molecule has 0 unspecified atom stereocenters. The van der Waals surface area contributed by atoms with Gasteiger partial charge >= 0.3 is 0 Å². The highest BCUT2D eigenvalue weighted by Gasteiger charge is 2.38. The van der Waals surface area contributed by atoms with Crippen molar-refractivity contribution in [2.45, 2.75) is 57.4 Å². The minimum absolute atomic E-state index is 0.714. The molecule has 1 aliphatic carbocycles. The second-order valence-corrected chi connectivity index (χ2v) is 7.18. The van der Waals surface area contributed by atoms with E-state index in [0.29, 0.717) is 6.04 Å². The molecule has 2 heterocycles. The van der Waals surface area contributed by atoms with Gasteiger partial charge in [0.2, 0.25) is 0 Å². The molecule has 1 aromatic heterocycles. The molecule has 2 heteroatoms. The van der Waals surface area contributed by atoms with Gasteiger partial charge in [0.05, 0.1) is 0 Å². The lowest BCUT2D eigenvalue weighted by Crippen LogP contribution is -2.35. The van der Waals surface area contributed by atoms with Crippen LogP contribution in [-0.4, -0.2) is 17.6 Å². The second kappa shape index (κ2) is 6.35. The van der Waals surface area contributed by atoms with E-state index in [-0.39, 0.29) is 0 Å². The summed E-state index contributed by atoms with van der Waals surface area (Å²) in [5.74, 6) is 0.751. The molecule has 120 valence electrons. The maximum atomic E-state index is 4.26. The predicted octanol–water partition coefficient (Wildman–Crippen LogP) is 4.87. The van der Waals surface area contributed by atoms with Crippen LogP contribution in [0, 0.1) is 6.92 Å². The van der Waals surface area contributed by atoms with Crippen molar-refractivity contribution in [1.82, 2.24) is 4.98 Å². The summed E-state index contributed by atoms with van der Waals surface area (Å²) in [6, 6.07) is 12.0. The molecule has 1 aliphatic heterocycles. The SMILES string of the molecule is Cc1ccc2c(c1)[C@@H]1CCCCC[C@@H]1N2CCc1cccnc1. The van der Waals surface area contributed by atoms with Gasteiger partial charge in [0, 0.05) is 36.6 Å². The first-order chi connectivity index (χ1) is 11.3. The average molecular weight is 306 g/mol. The summed E-state index contributed by atoms with van der Waals surface area (Å²) in [6.07, 6.45) is 11.9. The molecular weight excluding hydrogens is 280 g/mol. The molecule has 23 heavy (non-hydrogen) atoms. The first-order valence-corrected chi connectivity index (χ1v) is 9.09. The van der Waals surface area contributed by atoms with Crippen LogP contribution in [0.3, 0.4) is 0 Å². The van der Waals surface area contributed by atoms with Gasteiger partial charge in [-0.3, -0.25) is 4.98 Å². The number of fused-ring (bicyclic) bond motifs is 3. The van der Waals surface area contributed by atoms with Crippen molar-refractivity contribution in [3.63, 3.8) is 0 Å². The number of hydrogen-bond donors (Lipinski definition) is 0. The van der Waals surface area contributed by atoms with Crippen LogP contribution in [0.4, 0.5) is 5.69 Å². The van der Waals surface area contributed by atoms with Crippen molar-refractivity contribution in [3.05, 3.63) is 59.4 Å². The Kier molecular flexibility index (Phi) is 4.07. The summed E-state index contributed by atoms with van der Waals surface area (Å²) in [7, 11) is 0. The van der Waals surface area contributed by atoms with E-state index in [1.165, 1.54) is 48.9 Å². The minimum atomic E-state index is 0.714. The van der Waals surface area contributed by atoms with Crippen LogP contribution in [0.25, 0.3) is 0 Å². The standard InChI is InChI=1S/C21H26N2/c1-16-9-10-21-19(14-16)18-7-3-2-4-8-20(18)23(21)13-11-17-6-5-12-22-15-17/h5-6,9-10,12,14-15,18,20H,2-4,7-8,11,13H2,1H3/t18-,20-/m0/s1. The van der Waals surface area contributed by atoms with E-state index in [2.05, 4.69) is 41.1 Å². The van der Waals surface area contributed by atoms with Gasteiger partial charge in [0.15, 0.2) is 0 Å². The lowest BCUT2D eigenvalue weighted by Gasteiger charge is -2.29. The fraction of sp³-hybridized carbons (Fsp3) is 0.476. The van der Waals surface area contributed by atoms with Gasteiger partial charge in [-0.15, -0.1) is 0 Å². The highest BCUT2D eigenvalue weighted by Crippen LogP contribution is 2.47. The summed E-state index contributed by atoms with van der Waals surface area (Å²) in [5, 5.41) is 0. The van der Waals surface area contributed by atoms with E-state index in [4.69, 9.17) is 0 Å². The van der Waals surface area contributed by atoms with Crippen LogP contribution >= 0.6 is 0 Å². The first-order valence-electron chi connectivity index (χ1n) is 9.09. The first kappa shape index (κ1) is 14.7. The maximum Gasteiger partial charge on any atom is 0.0405 e. The van der Waals surface area contributed by atoms with Crippen LogP contribution in [0.2, 0.25) is 0 Å². The molecule has 4 rings (SSSR count). The summed E-state index contributed by atoms with van der Waals surface area (Å²) in [4.78, 5) is 6.97. The maximum absolute atomic E-state index is 4.26. The number of aryl methyl sites for hydroxylation is 1. The number of pyridine rings is 1. The summed E-state index contributed by atoms with van der Waals surface area (Å²) in [5.41, 5.74) is 5.86. The Labute approximate surface area is 139 Å². The van der Waals surface area contributed by atoms with E-state index >= 15 is 0 Å². The average Bonchev–Trinajstić information content (AvgIpc) is 2.73. The van der Waals surface area contributed by atoms with Crippen LogP contribution in [-0.2, 0) is 6.42 Å². The number of anilines is 1. The van der Waals surface area contributed by atoms with E-state index in [0.717, 1.165) is 18.9 Å². The van der Waals surface area contributed by atoms with E-state index < -0.39 is 0 Å². The Morgan fingerprint density at radius 3 is 2.91 bits per heavy atom. The van der Waals surface area contributed by atoms with Gasteiger partial charge in [-0.05, 0) is 49.4 Å². The molecule has 0 radical (unpaired) electrons. The highest BCUT2D eigenvalue weighted by molar-refractivity contribution is 5.63. The number of aromatic nitrogens is 1. The molecule has 2 nitrogen and oxygen atoms in total. The number of nitrogens with zero attached hydrogens (tertiary/aromatic N) is 2. The third-order valence-corrected chi connectivity index (χ3v) is 5.64. The van der Waals surface area contributed by atoms with Gasteiger partial charge in [-0.2, -0.15) is 0 Å². The van der Waals surface area contributed by atoms with Crippen molar-refractivity contribution in [2.24, 2.45) is 0 Å². The Balaban J connectivity index is 1.62. The van der Waals surface area contributed by atoms with Crippen LogP contribution in [0.5, 0.6) is 0 Å². The van der Waals surface area contributed by atoms with Crippen molar-refractivity contribution >= 4 is 5.69 Å². The van der Waals surface area contributed by atoms with Crippen molar-refractivity contribution < 1.29 is 0 Å². The zero-order chi connectivity index (χ0) is 15.6. The quantitative estimate of drug-likeness (QED) is 0.804. The zero-order valence-electron chi connectivity index (χ0n) is 14.0. The molecule has 0 bridgehead atoms. The fourth-order valence-corrected chi connectivity index (χ4v) is 4.52. The topological polar surface area (TPSA) is 16.1 Å². The van der Waals surface area contributed by atoms with Gasteiger partial charge in [-0.25, -0.2) is 0 Å². The van der Waals surface area contributed by atoms with Gasteiger partial charge in [-0.1, -0.05) is 43.0 Å². The van der Waals surface area contributed by atoms with E-state index in [1.54, 1.807) is 5.56 Å². The van der Waals surface area contributed by atoms with E-state index in [1.807, 2.05) is 18.5 Å². The highest BCUT2D eigenvalue weighted by atomic mass is 15.2. The molecule has 1 aromatic carbocycles. The van der Waals surface area contributed by atoms with Crippen LogP contribution in [0.15, 0.2) is 42.7 Å². The largest absolute Gasteiger partial charge is 0.367 e. The lowest BCUT2D eigenvalue weighted by molar-refractivity contribution is 0.498. The van der Waals surface area contributed by atoms with Gasteiger partial charge < -0.3 is 4.90 Å². The predicted molar refractivity (Wildman–Crippen MR) is 96.1 cm³/mol. The second-order valence-electron chi connectivity index (χ2n) is 7.18. The fourth-order valence-electron chi connectivity index (χ4n) is 4.52. The third-order valence-electron chi connectivity index (χ3n) is 5.64. The van der Waals surface area contributed by atoms with E-state index in [9.17, 15) is 0 Å². The summed E-state index contributed by atoms with van der Waals surface area (Å²) < 4.78 is 0. The third kappa shape index (κ3) is 2.87. The molecule has 1 saturated carbocycles. The smallest absolute Gasteiger partial charge is 0.0405 e. The monoisotopic (exact) mass is 306 g/mol. The Bertz CT molecular complexity index is 665. The number of hydrogen-bond acceptors (Lipinski definition) is 2. The summed E-state index contributed by atoms with van der Waals surface area (Å²) >= 11 is 0. The molecule has 0 amide bonds. The Morgan fingerprint density at radius 1 is 1.13 bits per heavy atom. The normalized spacial score (nSPS) is 23.3. The number of rotatable bonds is 3. The van der Waals surface area contributed by atoms with Gasteiger partial charge in [0.25, 0.3) is 0 Å². The Morgan fingerprint density at radius 2 is 2.04 bits per heavy atom. The number of benzene rings is 1. The molecule has 0 saturated heterocycles. The van der Waals surface area contributed by atoms with Crippen LogP contribution < -0.4 is 4.90 Å². The van der Waals surface area contributed by atoms with Crippen molar-refractivity contribution in [1.29, 1.82) is 0 Å². The molecule has 2 atom stereocenters. The van der Waals surface area contributed by atoms with Crippen molar-refractivity contribution in [3.8, 4) is 0 Å². The molecule has 1 fully saturated rings. The van der Waals surface area contributed by atoms with Crippen LogP contribution in [0.1, 0.15) is 54.7 Å². The zero-order valence-corrected chi connectivity index (χ0v) is 14.0. The Hall–Kier alpha value is -1.83. The molecule has 0 spiro atoms. The minimum Gasteiger partial charge on any atom is -0.367 e.